The second-order valence-electron chi connectivity index (χ2n) is 2.95. The minimum atomic E-state index is 0.0358. The fraction of sp³-hybridized carbons (Fsp3) is 0.0833. The molecule has 2 aromatic rings. The van der Waals surface area contributed by atoms with Gasteiger partial charge in [-0.15, -0.1) is 17.8 Å². The molecule has 2 rings (SSSR count). The van der Waals surface area contributed by atoms with Gasteiger partial charge in [-0.25, -0.2) is 0 Å². The van der Waals surface area contributed by atoms with Crippen LogP contribution in [-0.4, -0.2) is 5.78 Å². The number of Topliss-reactive ketones (excluding diaryl/α,β-unsaturated/α-hetero) is 1. The molecule has 0 aliphatic rings. The molecule has 14 heavy (non-hydrogen) atoms. The molecule has 0 N–H and O–H groups in total. The predicted octanol–water partition coefficient (Wildman–Crippen LogP) is 3.11. The Morgan fingerprint density at radius 3 is 2.93 bits per heavy atom. The van der Waals surface area contributed by atoms with E-state index < -0.39 is 0 Å². The smallest absolute Gasteiger partial charge is 0.184 e. The summed E-state index contributed by atoms with van der Waals surface area (Å²) in [6.45, 7) is 0. The van der Waals surface area contributed by atoms with E-state index in [1.807, 2.05) is 30.3 Å². The average molecular weight is 200 g/mol. The number of rotatable bonds is 2. The van der Waals surface area contributed by atoms with E-state index in [1.165, 1.54) is 11.3 Å². The van der Waals surface area contributed by atoms with E-state index in [9.17, 15) is 4.79 Å². The van der Waals surface area contributed by atoms with Crippen LogP contribution in [0.2, 0.25) is 0 Å². The highest BCUT2D eigenvalue weighted by atomic mass is 32.1. The van der Waals surface area contributed by atoms with Crippen LogP contribution in [0, 0.1) is 12.3 Å². The van der Waals surface area contributed by atoms with Crippen molar-refractivity contribution in [3.05, 3.63) is 35.2 Å². The highest BCUT2D eigenvalue weighted by Gasteiger charge is 2.07. The molecule has 0 atom stereocenters. The summed E-state index contributed by atoms with van der Waals surface area (Å²) in [5.41, 5.74) is 0. The summed E-state index contributed by atoms with van der Waals surface area (Å²) in [6.07, 6.45) is 5.28. The average Bonchev–Trinajstić information content (AvgIpc) is 2.61. The molecule has 0 saturated heterocycles. The molecule has 0 saturated carbocycles. The molecule has 0 amide bonds. The van der Waals surface area contributed by atoms with Crippen molar-refractivity contribution in [1.29, 1.82) is 0 Å². The zero-order chi connectivity index (χ0) is 9.97. The number of benzene rings is 1. The molecule has 0 bridgehead atoms. The van der Waals surface area contributed by atoms with Crippen LogP contribution < -0.4 is 0 Å². The molecule has 0 radical (unpaired) electrons. The van der Waals surface area contributed by atoms with Gasteiger partial charge in [0, 0.05) is 4.70 Å². The Labute approximate surface area is 86.4 Å². The molecule has 1 heterocycles. The fourth-order valence-electron chi connectivity index (χ4n) is 1.30. The van der Waals surface area contributed by atoms with Crippen LogP contribution in [-0.2, 0) is 0 Å². The van der Waals surface area contributed by atoms with Gasteiger partial charge in [-0.05, 0) is 17.5 Å². The second-order valence-corrected chi connectivity index (χ2v) is 4.04. The minimum Gasteiger partial charge on any atom is -0.292 e. The topological polar surface area (TPSA) is 17.1 Å². The van der Waals surface area contributed by atoms with Crippen molar-refractivity contribution in [2.45, 2.75) is 6.42 Å². The van der Waals surface area contributed by atoms with Crippen molar-refractivity contribution in [2.75, 3.05) is 0 Å². The summed E-state index contributed by atoms with van der Waals surface area (Å²) in [5.74, 6) is 2.40. The number of hydrogen-bond donors (Lipinski definition) is 0. The third kappa shape index (κ3) is 1.55. The van der Waals surface area contributed by atoms with Gasteiger partial charge >= 0.3 is 0 Å². The van der Waals surface area contributed by atoms with Crippen molar-refractivity contribution in [3.8, 4) is 12.3 Å². The summed E-state index contributed by atoms with van der Waals surface area (Å²) >= 11 is 1.50. The zero-order valence-corrected chi connectivity index (χ0v) is 8.30. The molecule has 0 aliphatic heterocycles. The number of terminal acetylenes is 1. The van der Waals surface area contributed by atoms with Gasteiger partial charge in [-0.3, -0.25) is 4.79 Å². The van der Waals surface area contributed by atoms with E-state index in [-0.39, 0.29) is 12.2 Å². The van der Waals surface area contributed by atoms with Crippen LogP contribution in [0.4, 0.5) is 0 Å². The molecule has 1 aromatic heterocycles. The number of thiophene rings is 1. The van der Waals surface area contributed by atoms with Gasteiger partial charge in [0.1, 0.15) is 0 Å². The molecular weight excluding hydrogens is 192 g/mol. The largest absolute Gasteiger partial charge is 0.292 e. The first-order valence-electron chi connectivity index (χ1n) is 4.26. The van der Waals surface area contributed by atoms with E-state index in [4.69, 9.17) is 6.42 Å². The molecule has 0 aliphatic carbocycles. The molecular formula is C12H8OS. The predicted molar refractivity (Wildman–Crippen MR) is 59.6 cm³/mol. The Morgan fingerprint density at radius 1 is 1.43 bits per heavy atom. The van der Waals surface area contributed by atoms with Crippen LogP contribution in [0.3, 0.4) is 0 Å². The summed E-state index contributed by atoms with van der Waals surface area (Å²) in [4.78, 5) is 12.2. The quantitative estimate of drug-likeness (QED) is 0.537. The van der Waals surface area contributed by atoms with E-state index in [2.05, 4.69) is 5.92 Å². The van der Waals surface area contributed by atoms with Crippen molar-refractivity contribution < 1.29 is 4.79 Å². The Morgan fingerprint density at radius 2 is 2.21 bits per heavy atom. The van der Waals surface area contributed by atoms with Gasteiger partial charge in [0.15, 0.2) is 5.78 Å². The first kappa shape index (κ1) is 8.98. The van der Waals surface area contributed by atoms with Gasteiger partial charge in [0.25, 0.3) is 0 Å². The fourth-order valence-corrected chi connectivity index (χ4v) is 2.30. The van der Waals surface area contributed by atoms with Gasteiger partial charge in [-0.2, -0.15) is 0 Å². The Kier molecular flexibility index (Phi) is 2.34. The SMILES string of the molecule is C#CCC(=O)c1cc2ccccc2s1. The maximum atomic E-state index is 11.5. The van der Waals surface area contributed by atoms with Crippen LogP contribution in [0.5, 0.6) is 0 Å². The van der Waals surface area contributed by atoms with Crippen molar-refractivity contribution >= 4 is 27.2 Å². The van der Waals surface area contributed by atoms with Gasteiger partial charge in [-0.1, -0.05) is 24.1 Å². The Balaban J connectivity index is 2.46. The summed E-state index contributed by atoms with van der Waals surface area (Å²) in [7, 11) is 0. The lowest BCUT2D eigenvalue weighted by Gasteiger charge is -1.86. The molecule has 1 nitrogen and oxygen atoms in total. The molecule has 2 heteroatoms. The molecule has 1 aromatic carbocycles. The van der Waals surface area contributed by atoms with E-state index >= 15 is 0 Å². The Hall–Kier alpha value is -1.59. The van der Waals surface area contributed by atoms with Crippen LogP contribution >= 0.6 is 11.3 Å². The standard InChI is InChI=1S/C12H8OS/c1-2-5-10(13)12-8-9-6-3-4-7-11(9)14-12/h1,3-4,6-8H,5H2. The Bertz CT molecular complexity index is 483. The van der Waals surface area contributed by atoms with Crippen molar-refractivity contribution in [1.82, 2.24) is 0 Å². The van der Waals surface area contributed by atoms with E-state index in [1.54, 1.807) is 0 Å². The number of ketones is 1. The number of carbonyl (C=O) groups is 1. The third-order valence-electron chi connectivity index (χ3n) is 1.96. The summed E-state index contributed by atoms with van der Waals surface area (Å²) in [6, 6.07) is 9.84. The molecule has 0 spiro atoms. The minimum absolute atomic E-state index is 0.0358. The second kappa shape index (κ2) is 3.65. The lowest BCUT2D eigenvalue weighted by molar-refractivity contribution is 0.100. The normalized spacial score (nSPS) is 9.93. The van der Waals surface area contributed by atoms with E-state index in [0.29, 0.717) is 0 Å². The molecule has 0 unspecified atom stereocenters. The zero-order valence-electron chi connectivity index (χ0n) is 7.49. The monoisotopic (exact) mass is 200 g/mol. The lowest BCUT2D eigenvalue weighted by atomic mass is 10.2. The number of hydrogen-bond acceptors (Lipinski definition) is 2. The van der Waals surface area contributed by atoms with Crippen LogP contribution in [0.1, 0.15) is 16.1 Å². The van der Waals surface area contributed by atoms with E-state index in [0.717, 1.165) is 15.0 Å². The molecule has 0 fully saturated rings. The first-order valence-corrected chi connectivity index (χ1v) is 5.08. The van der Waals surface area contributed by atoms with Crippen molar-refractivity contribution in [2.24, 2.45) is 0 Å². The first-order chi connectivity index (χ1) is 6.81. The number of fused-ring (bicyclic) bond motifs is 1. The van der Waals surface area contributed by atoms with Gasteiger partial charge < -0.3 is 0 Å². The summed E-state index contributed by atoms with van der Waals surface area (Å²) in [5, 5.41) is 1.11. The molecule has 68 valence electrons. The summed E-state index contributed by atoms with van der Waals surface area (Å²) < 4.78 is 1.13. The maximum Gasteiger partial charge on any atom is 0.184 e. The lowest BCUT2D eigenvalue weighted by Crippen LogP contribution is -1.91. The maximum absolute atomic E-state index is 11.5. The highest BCUT2D eigenvalue weighted by Crippen LogP contribution is 2.25. The highest BCUT2D eigenvalue weighted by molar-refractivity contribution is 7.20. The van der Waals surface area contributed by atoms with Crippen LogP contribution in [0.15, 0.2) is 30.3 Å². The van der Waals surface area contributed by atoms with Gasteiger partial charge in [0.05, 0.1) is 11.3 Å². The van der Waals surface area contributed by atoms with Gasteiger partial charge in [0.2, 0.25) is 0 Å². The van der Waals surface area contributed by atoms with Crippen LogP contribution in [0.25, 0.3) is 10.1 Å². The van der Waals surface area contributed by atoms with Crippen molar-refractivity contribution in [3.63, 3.8) is 0 Å². The third-order valence-corrected chi connectivity index (χ3v) is 3.12. The number of carbonyl (C=O) groups excluding carboxylic acids is 1.